The number of nitrogens with one attached hydrogen (secondary N) is 1. The topological polar surface area (TPSA) is 49.3 Å². The molecule has 1 atom stereocenters. The summed E-state index contributed by atoms with van der Waals surface area (Å²) in [5.74, 6) is -0.335. The Kier molecular flexibility index (Phi) is 5.29. The van der Waals surface area contributed by atoms with Crippen LogP contribution in [0.1, 0.15) is 38.7 Å². The van der Waals surface area contributed by atoms with E-state index in [-0.39, 0.29) is 12.5 Å². The number of hydrogen-bond donors (Lipinski definition) is 2. The number of alkyl halides is 3. The molecule has 1 amide bonds. The summed E-state index contributed by atoms with van der Waals surface area (Å²) in [7, 11) is 0. The van der Waals surface area contributed by atoms with Crippen molar-refractivity contribution in [3.63, 3.8) is 0 Å². The Hall–Kier alpha value is -2.34. The number of carbonyl (C=O) groups excluding carboxylic acids is 1. The molecule has 0 radical (unpaired) electrons. The minimum absolute atomic E-state index is 0.0858. The Morgan fingerprint density at radius 1 is 1.12 bits per heavy atom. The lowest BCUT2D eigenvalue weighted by Gasteiger charge is -2.14. The third kappa shape index (κ3) is 4.35. The number of amides is 1. The lowest BCUT2D eigenvalue weighted by atomic mass is 10.0. The Morgan fingerprint density at radius 2 is 1.75 bits per heavy atom. The predicted octanol–water partition coefficient (Wildman–Crippen LogP) is 3.79. The normalized spacial score (nSPS) is 12.8. The van der Waals surface area contributed by atoms with E-state index in [1.165, 1.54) is 12.1 Å². The van der Waals surface area contributed by atoms with Gasteiger partial charge in [-0.15, -0.1) is 0 Å². The van der Waals surface area contributed by atoms with Crippen LogP contribution in [0.4, 0.5) is 13.2 Å². The molecule has 2 aromatic rings. The minimum atomic E-state index is -4.42. The fraction of sp³-hybridized carbons (Fsp3) is 0.278. The van der Waals surface area contributed by atoms with E-state index in [4.69, 9.17) is 0 Å². The zero-order valence-corrected chi connectivity index (χ0v) is 13.3. The number of benzene rings is 2. The monoisotopic (exact) mass is 337 g/mol. The van der Waals surface area contributed by atoms with Crippen molar-refractivity contribution in [1.29, 1.82) is 0 Å². The van der Waals surface area contributed by atoms with Gasteiger partial charge < -0.3 is 10.4 Å². The highest BCUT2D eigenvalue weighted by Crippen LogP contribution is 2.29. The Balaban J connectivity index is 1.99. The minimum Gasteiger partial charge on any atom is -0.387 e. The third-order valence-corrected chi connectivity index (χ3v) is 3.71. The van der Waals surface area contributed by atoms with Crippen molar-refractivity contribution in [2.24, 2.45) is 0 Å². The molecule has 2 rings (SSSR count). The summed E-state index contributed by atoms with van der Waals surface area (Å²) in [5, 5.41) is 12.6. The first-order valence-electron chi connectivity index (χ1n) is 7.39. The highest BCUT2D eigenvalue weighted by Gasteiger charge is 2.30. The number of aliphatic hydroxyl groups excluding tert-OH is 1. The van der Waals surface area contributed by atoms with Gasteiger partial charge in [0.25, 0.3) is 5.91 Å². The van der Waals surface area contributed by atoms with E-state index in [2.05, 4.69) is 5.32 Å². The Labute approximate surface area is 138 Å². The largest absolute Gasteiger partial charge is 0.416 e. The lowest BCUT2D eigenvalue weighted by Crippen LogP contribution is -2.29. The molecule has 0 saturated carbocycles. The molecule has 0 saturated heterocycles. The van der Waals surface area contributed by atoms with E-state index in [0.29, 0.717) is 11.1 Å². The van der Waals surface area contributed by atoms with E-state index in [9.17, 15) is 23.1 Å². The number of aryl methyl sites for hydroxylation is 2. The van der Waals surface area contributed by atoms with Crippen molar-refractivity contribution in [3.05, 3.63) is 70.3 Å². The molecule has 0 spiro atoms. The molecule has 0 aliphatic carbocycles. The summed E-state index contributed by atoms with van der Waals surface area (Å²) in [6, 6.07) is 9.61. The van der Waals surface area contributed by atoms with Crippen LogP contribution in [-0.2, 0) is 6.18 Å². The quantitative estimate of drug-likeness (QED) is 0.892. The fourth-order valence-corrected chi connectivity index (χ4v) is 2.37. The molecular formula is C18H18F3NO2. The molecule has 0 fully saturated rings. The van der Waals surface area contributed by atoms with Crippen molar-refractivity contribution in [2.75, 3.05) is 6.54 Å². The third-order valence-electron chi connectivity index (χ3n) is 3.71. The first-order valence-corrected chi connectivity index (χ1v) is 7.39. The van der Waals surface area contributed by atoms with Crippen LogP contribution >= 0.6 is 0 Å². The number of hydrogen-bond acceptors (Lipinski definition) is 2. The first-order chi connectivity index (χ1) is 11.2. The molecule has 2 N–H and O–H groups in total. The van der Waals surface area contributed by atoms with Crippen LogP contribution in [0.15, 0.2) is 42.5 Å². The second-order valence-corrected chi connectivity index (χ2v) is 5.66. The van der Waals surface area contributed by atoms with Crippen LogP contribution in [-0.4, -0.2) is 17.6 Å². The highest BCUT2D eigenvalue weighted by molar-refractivity contribution is 5.95. The van der Waals surface area contributed by atoms with E-state index in [0.717, 1.165) is 23.3 Å². The van der Waals surface area contributed by atoms with Crippen molar-refractivity contribution >= 4 is 5.91 Å². The highest BCUT2D eigenvalue weighted by atomic mass is 19.4. The van der Waals surface area contributed by atoms with Crippen molar-refractivity contribution in [1.82, 2.24) is 5.32 Å². The average molecular weight is 337 g/mol. The number of rotatable bonds is 4. The summed E-state index contributed by atoms with van der Waals surface area (Å²) in [6.45, 7) is 3.65. The van der Waals surface area contributed by atoms with Crippen molar-refractivity contribution < 1.29 is 23.1 Å². The smallest absolute Gasteiger partial charge is 0.387 e. The van der Waals surface area contributed by atoms with Crippen LogP contribution in [0.25, 0.3) is 0 Å². The van der Waals surface area contributed by atoms with Gasteiger partial charge in [0.2, 0.25) is 0 Å². The van der Waals surface area contributed by atoms with E-state index >= 15 is 0 Å². The molecule has 6 heteroatoms. The summed E-state index contributed by atoms with van der Waals surface area (Å²) < 4.78 is 37.5. The Morgan fingerprint density at radius 3 is 2.29 bits per heavy atom. The molecule has 1 unspecified atom stereocenters. The first kappa shape index (κ1) is 18.0. The van der Waals surface area contributed by atoms with Crippen LogP contribution < -0.4 is 5.32 Å². The van der Waals surface area contributed by atoms with Gasteiger partial charge in [-0.3, -0.25) is 4.79 Å². The Bertz CT molecular complexity index is 724. The van der Waals surface area contributed by atoms with Crippen LogP contribution in [0.2, 0.25) is 0 Å². The number of carbonyl (C=O) groups is 1. The van der Waals surface area contributed by atoms with Gasteiger partial charge in [0, 0.05) is 12.1 Å². The molecule has 0 aliphatic heterocycles. The van der Waals surface area contributed by atoms with Gasteiger partial charge in [-0.05, 0) is 43.2 Å². The lowest BCUT2D eigenvalue weighted by molar-refractivity contribution is -0.137. The molecule has 0 heterocycles. The summed E-state index contributed by atoms with van der Waals surface area (Å²) in [4.78, 5) is 12.1. The maximum atomic E-state index is 12.5. The van der Waals surface area contributed by atoms with Crippen LogP contribution in [0.5, 0.6) is 0 Å². The zero-order valence-electron chi connectivity index (χ0n) is 13.3. The second-order valence-electron chi connectivity index (χ2n) is 5.66. The van der Waals surface area contributed by atoms with Crippen LogP contribution in [0.3, 0.4) is 0 Å². The van der Waals surface area contributed by atoms with Gasteiger partial charge in [-0.1, -0.05) is 29.8 Å². The summed E-state index contributed by atoms with van der Waals surface area (Å²) >= 11 is 0. The van der Waals surface area contributed by atoms with Gasteiger partial charge in [0.05, 0.1) is 11.7 Å². The van der Waals surface area contributed by atoms with Gasteiger partial charge >= 0.3 is 6.18 Å². The molecule has 128 valence electrons. The van der Waals surface area contributed by atoms with Crippen LogP contribution in [0, 0.1) is 13.8 Å². The number of halogens is 3. The van der Waals surface area contributed by atoms with Gasteiger partial charge in [-0.25, -0.2) is 0 Å². The van der Waals surface area contributed by atoms with E-state index in [1.807, 2.05) is 26.0 Å². The fourth-order valence-electron chi connectivity index (χ4n) is 2.37. The average Bonchev–Trinajstić information content (AvgIpc) is 2.51. The van der Waals surface area contributed by atoms with Gasteiger partial charge in [-0.2, -0.15) is 13.2 Å². The molecular weight excluding hydrogens is 319 g/mol. The molecule has 24 heavy (non-hydrogen) atoms. The molecule has 0 aromatic heterocycles. The summed E-state index contributed by atoms with van der Waals surface area (Å²) in [6.07, 6.45) is -5.50. The maximum Gasteiger partial charge on any atom is 0.416 e. The maximum absolute atomic E-state index is 12.5. The predicted molar refractivity (Wildman–Crippen MR) is 84.7 cm³/mol. The number of aliphatic hydroxyl groups is 1. The molecule has 3 nitrogen and oxygen atoms in total. The van der Waals surface area contributed by atoms with Gasteiger partial charge in [0.15, 0.2) is 0 Å². The van der Waals surface area contributed by atoms with E-state index < -0.39 is 17.8 Å². The SMILES string of the molecule is Cc1ccc(C(=O)NCC(O)c2ccc(C(F)(F)F)cc2)c(C)c1. The molecule has 0 aliphatic rings. The second kappa shape index (κ2) is 7.05. The van der Waals surface area contributed by atoms with Crippen molar-refractivity contribution in [3.8, 4) is 0 Å². The zero-order chi connectivity index (χ0) is 17.9. The molecule has 2 aromatic carbocycles. The van der Waals surface area contributed by atoms with Gasteiger partial charge in [0.1, 0.15) is 0 Å². The van der Waals surface area contributed by atoms with Crippen molar-refractivity contribution in [2.45, 2.75) is 26.1 Å². The van der Waals surface area contributed by atoms with E-state index in [1.54, 1.807) is 6.07 Å². The molecule has 0 bridgehead atoms. The summed E-state index contributed by atoms with van der Waals surface area (Å²) in [5.41, 5.74) is 1.88. The standard InChI is InChI=1S/C18H18F3NO2/c1-11-3-8-15(12(2)9-11)17(24)22-10-16(23)13-4-6-14(7-5-13)18(19,20)21/h3-9,16,23H,10H2,1-2H3,(H,22,24).